The monoisotopic (exact) mass is 401 g/mol. The smallest absolute Gasteiger partial charge is 0.234 e. The molecule has 1 aromatic rings. The van der Waals surface area contributed by atoms with E-state index < -0.39 is 0 Å². The van der Waals surface area contributed by atoms with E-state index in [0.717, 1.165) is 50.0 Å². The summed E-state index contributed by atoms with van der Waals surface area (Å²) in [4.78, 5) is 21.3. The lowest BCUT2D eigenvalue weighted by Crippen LogP contribution is -2.54. The summed E-state index contributed by atoms with van der Waals surface area (Å²) in [5, 5.41) is 6.34. The van der Waals surface area contributed by atoms with Gasteiger partial charge in [-0.15, -0.1) is 0 Å². The molecule has 7 heteroatoms. The molecule has 0 saturated carbocycles. The maximum atomic E-state index is 12.0. The highest BCUT2D eigenvalue weighted by atomic mass is 16.5. The van der Waals surface area contributed by atoms with E-state index in [1.54, 1.807) is 6.08 Å². The number of rotatable bonds is 9. The van der Waals surface area contributed by atoms with E-state index >= 15 is 0 Å². The summed E-state index contributed by atoms with van der Waals surface area (Å²) in [5.41, 5.74) is 1.05. The maximum absolute atomic E-state index is 12.0. The van der Waals surface area contributed by atoms with E-state index in [-0.39, 0.29) is 11.9 Å². The van der Waals surface area contributed by atoms with Crippen molar-refractivity contribution in [2.24, 2.45) is 4.99 Å². The molecular weight excluding hydrogens is 366 g/mol. The zero-order valence-corrected chi connectivity index (χ0v) is 18.0. The van der Waals surface area contributed by atoms with Crippen LogP contribution in [0.3, 0.4) is 0 Å². The van der Waals surface area contributed by atoms with Crippen LogP contribution >= 0.6 is 0 Å². The van der Waals surface area contributed by atoms with Crippen LogP contribution < -0.4 is 15.4 Å². The molecule has 1 heterocycles. The molecule has 1 fully saturated rings. The van der Waals surface area contributed by atoms with Crippen LogP contribution in [0.5, 0.6) is 5.75 Å². The molecule has 1 aliphatic heterocycles. The molecule has 0 radical (unpaired) electrons. The van der Waals surface area contributed by atoms with Crippen LogP contribution in [-0.4, -0.2) is 73.6 Å². The third-order valence-corrected chi connectivity index (χ3v) is 4.55. The molecule has 0 atom stereocenters. The Kier molecular flexibility index (Phi) is 9.50. The first-order chi connectivity index (χ1) is 14.0. The molecule has 1 amide bonds. The number of ether oxygens (including phenoxy) is 1. The Morgan fingerprint density at radius 1 is 1.28 bits per heavy atom. The quantitative estimate of drug-likeness (QED) is 0.376. The van der Waals surface area contributed by atoms with Gasteiger partial charge in [-0.05, 0) is 26.8 Å². The number of aliphatic imine (C=N–C) groups is 1. The number of piperazine rings is 1. The number of para-hydroxylation sites is 1. The van der Waals surface area contributed by atoms with E-state index in [9.17, 15) is 4.79 Å². The molecule has 1 aromatic carbocycles. The standard InChI is InChI=1S/C22H35N5O2/c1-5-15-29-20-10-8-7-9-19(20)16-24-22(23-6-2)27-13-11-26(12-14-27)17-21(28)25-18(3)4/h5,7-10,18H,1,6,11-17H2,2-4H3,(H,23,24)(H,25,28). The average molecular weight is 402 g/mol. The lowest BCUT2D eigenvalue weighted by molar-refractivity contribution is -0.123. The first-order valence-corrected chi connectivity index (χ1v) is 10.4. The number of hydrogen-bond donors (Lipinski definition) is 2. The molecule has 0 bridgehead atoms. The molecule has 1 aliphatic rings. The Hall–Kier alpha value is -2.54. The Labute approximate surface area is 174 Å². The zero-order valence-electron chi connectivity index (χ0n) is 18.0. The Morgan fingerprint density at radius 2 is 2.00 bits per heavy atom. The van der Waals surface area contributed by atoms with Crippen molar-refractivity contribution >= 4 is 11.9 Å². The van der Waals surface area contributed by atoms with Crippen molar-refractivity contribution in [2.45, 2.75) is 33.4 Å². The van der Waals surface area contributed by atoms with Crippen LogP contribution in [0, 0.1) is 0 Å². The van der Waals surface area contributed by atoms with E-state index in [1.165, 1.54) is 0 Å². The van der Waals surface area contributed by atoms with Crippen LogP contribution in [0.15, 0.2) is 41.9 Å². The summed E-state index contributed by atoms with van der Waals surface area (Å²) in [5.74, 6) is 1.83. The van der Waals surface area contributed by atoms with Crippen molar-refractivity contribution in [3.8, 4) is 5.75 Å². The maximum Gasteiger partial charge on any atom is 0.234 e. The second kappa shape index (κ2) is 12.1. The lowest BCUT2D eigenvalue weighted by Gasteiger charge is -2.36. The first kappa shape index (κ1) is 22.7. The lowest BCUT2D eigenvalue weighted by atomic mass is 10.2. The van der Waals surface area contributed by atoms with Crippen molar-refractivity contribution in [1.29, 1.82) is 0 Å². The molecule has 0 unspecified atom stereocenters. The van der Waals surface area contributed by atoms with Crippen molar-refractivity contribution in [1.82, 2.24) is 20.4 Å². The number of carbonyl (C=O) groups is 1. The van der Waals surface area contributed by atoms with Gasteiger partial charge in [0.2, 0.25) is 5.91 Å². The SMILES string of the molecule is C=CCOc1ccccc1CN=C(NCC)N1CCN(CC(=O)NC(C)C)CC1. The second-order valence-electron chi connectivity index (χ2n) is 7.36. The van der Waals surface area contributed by atoms with Crippen molar-refractivity contribution in [3.63, 3.8) is 0 Å². The van der Waals surface area contributed by atoms with Gasteiger partial charge < -0.3 is 20.3 Å². The highest BCUT2D eigenvalue weighted by molar-refractivity contribution is 5.80. The van der Waals surface area contributed by atoms with Crippen molar-refractivity contribution < 1.29 is 9.53 Å². The Balaban J connectivity index is 1.95. The van der Waals surface area contributed by atoms with E-state index in [1.807, 2.05) is 38.1 Å². The molecule has 160 valence electrons. The number of hydrogen-bond acceptors (Lipinski definition) is 4. The third kappa shape index (κ3) is 7.77. The largest absolute Gasteiger partial charge is 0.489 e. The van der Waals surface area contributed by atoms with Gasteiger partial charge in [-0.1, -0.05) is 30.9 Å². The van der Waals surface area contributed by atoms with Gasteiger partial charge in [0.1, 0.15) is 12.4 Å². The predicted molar refractivity (Wildman–Crippen MR) is 118 cm³/mol. The van der Waals surface area contributed by atoms with Crippen molar-refractivity contribution in [3.05, 3.63) is 42.5 Å². The highest BCUT2D eigenvalue weighted by Crippen LogP contribution is 2.19. The fraction of sp³-hybridized carbons (Fsp3) is 0.545. The third-order valence-electron chi connectivity index (χ3n) is 4.55. The molecule has 1 saturated heterocycles. The summed E-state index contributed by atoms with van der Waals surface area (Å²) in [6.45, 7) is 15.4. The molecule has 0 spiro atoms. The molecule has 0 aliphatic carbocycles. The van der Waals surface area contributed by atoms with Gasteiger partial charge in [-0.3, -0.25) is 9.69 Å². The zero-order chi connectivity index (χ0) is 21.1. The average Bonchev–Trinajstić information content (AvgIpc) is 2.70. The van der Waals surface area contributed by atoms with Crippen LogP contribution in [-0.2, 0) is 11.3 Å². The second-order valence-corrected chi connectivity index (χ2v) is 7.36. The van der Waals surface area contributed by atoms with Crippen molar-refractivity contribution in [2.75, 3.05) is 45.9 Å². The number of guanidine groups is 1. The summed E-state index contributed by atoms with van der Waals surface area (Å²) < 4.78 is 5.74. The summed E-state index contributed by atoms with van der Waals surface area (Å²) in [6, 6.07) is 8.14. The van der Waals surface area contributed by atoms with Crippen LogP contribution in [0.4, 0.5) is 0 Å². The number of benzene rings is 1. The van der Waals surface area contributed by atoms with Gasteiger partial charge in [0.15, 0.2) is 5.96 Å². The van der Waals surface area contributed by atoms with Crippen LogP contribution in [0.1, 0.15) is 26.3 Å². The number of nitrogens with zero attached hydrogens (tertiary/aromatic N) is 3. The Morgan fingerprint density at radius 3 is 2.66 bits per heavy atom. The normalized spacial score (nSPS) is 15.3. The molecule has 0 aromatic heterocycles. The van der Waals surface area contributed by atoms with Crippen LogP contribution in [0.25, 0.3) is 0 Å². The molecule has 29 heavy (non-hydrogen) atoms. The minimum atomic E-state index is 0.0881. The molecule has 7 nitrogen and oxygen atoms in total. The summed E-state index contributed by atoms with van der Waals surface area (Å²) >= 11 is 0. The number of amides is 1. The minimum absolute atomic E-state index is 0.0881. The van der Waals surface area contributed by atoms with Gasteiger partial charge in [0.05, 0.1) is 13.1 Å². The van der Waals surface area contributed by atoms with Crippen LogP contribution in [0.2, 0.25) is 0 Å². The fourth-order valence-corrected chi connectivity index (χ4v) is 3.20. The van der Waals surface area contributed by atoms with E-state index in [0.29, 0.717) is 19.7 Å². The van der Waals surface area contributed by atoms with Gasteiger partial charge in [-0.2, -0.15) is 0 Å². The summed E-state index contributed by atoms with van der Waals surface area (Å²) in [7, 11) is 0. The minimum Gasteiger partial charge on any atom is -0.489 e. The highest BCUT2D eigenvalue weighted by Gasteiger charge is 2.21. The van der Waals surface area contributed by atoms with E-state index in [4.69, 9.17) is 9.73 Å². The number of nitrogens with one attached hydrogen (secondary N) is 2. The Bertz CT molecular complexity index is 682. The molecule has 2 rings (SSSR count). The topological polar surface area (TPSA) is 69.2 Å². The number of carbonyl (C=O) groups excluding carboxylic acids is 1. The van der Waals surface area contributed by atoms with Gasteiger partial charge in [0.25, 0.3) is 0 Å². The predicted octanol–water partition coefficient (Wildman–Crippen LogP) is 1.86. The fourth-order valence-electron chi connectivity index (χ4n) is 3.20. The first-order valence-electron chi connectivity index (χ1n) is 10.4. The summed E-state index contributed by atoms with van der Waals surface area (Å²) in [6.07, 6.45) is 1.74. The van der Waals surface area contributed by atoms with E-state index in [2.05, 4.69) is 33.9 Å². The molecular formula is C22H35N5O2. The molecule has 2 N–H and O–H groups in total. The van der Waals surface area contributed by atoms with Gasteiger partial charge in [0, 0.05) is 44.3 Å². The van der Waals surface area contributed by atoms with Gasteiger partial charge in [-0.25, -0.2) is 4.99 Å². The van der Waals surface area contributed by atoms with Gasteiger partial charge >= 0.3 is 0 Å².